The first kappa shape index (κ1) is 14.9. The standard InChI is InChI=1S/C13H11F3N4O/c1-7-10(13(14,15)16)3-9(4-18-7)11-5-17-6-12(20-11)19-8(2)21/h3-6H,1-2H3,(H,19,20,21). The predicted molar refractivity (Wildman–Crippen MR) is 69.3 cm³/mol. The van der Waals surface area contributed by atoms with E-state index in [1.807, 2.05) is 0 Å². The highest BCUT2D eigenvalue weighted by Crippen LogP contribution is 2.33. The minimum absolute atomic E-state index is 0.114. The van der Waals surface area contributed by atoms with Crippen LogP contribution >= 0.6 is 0 Å². The molecule has 2 aromatic rings. The molecule has 0 aliphatic rings. The number of rotatable bonds is 2. The molecule has 110 valence electrons. The van der Waals surface area contributed by atoms with E-state index in [0.717, 1.165) is 6.07 Å². The van der Waals surface area contributed by atoms with Crippen LogP contribution in [0.3, 0.4) is 0 Å². The number of aromatic nitrogens is 3. The van der Waals surface area contributed by atoms with Crippen molar-refractivity contribution in [1.29, 1.82) is 0 Å². The van der Waals surface area contributed by atoms with Crippen LogP contribution in [0.15, 0.2) is 24.7 Å². The van der Waals surface area contributed by atoms with E-state index in [0.29, 0.717) is 0 Å². The maximum atomic E-state index is 12.9. The maximum absolute atomic E-state index is 12.9. The first-order valence-corrected chi connectivity index (χ1v) is 5.91. The first-order valence-electron chi connectivity index (χ1n) is 5.91. The van der Waals surface area contributed by atoms with Gasteiger partial charge in [0.05, 0.1) is 23.7 Å². The molecule has 8 heteroatoms. The van der Waals surface area contributed by atoms with Gasteiger partial charge in [0, 0.05) is 24.4 Å². The van der Waals surface area contributed by atoms with E-state index in [4.69, 9.17) is 0 Å². The maximum Gasteiger partial charge on any atom is 0.418 e. The molecule has 0 spiro atoms. The molecule has 0 unspecified atom stereocenters. The summed E-state index contributed by atoms with van der Waals surface area (Å²) in [5.74, 6) is -0.186. The number of hydrogen-bond donors (Lipinski definition) is 1. The Morgan fingerprint density at radius 1 is 1.24 bits per heavy atom. The summed E-state index contributed by atoms with van der Waals surface area (Å²) < 4.78 is 38.6. The van der Waals surface area contributed by atoms with Gasteiger partial charge in [0.1, 0.15) is 0 Å². The number of anilines is 1. The smallest absolute Gasteiger partial charge is 0.310 e. The van der Waals surface area contributed by atoms with Crippen molar-refractivity contribution in [2.24, 2.45) is 0 Å². The van der Waals surface area contributed by atoms with E-state index in [9.17, 15) is 18.0 Å². The number of nitrogens with one attached hydrogen (secondary N) is 1. The summed E-state index contributed by atoms with van der Waals surface area (Å²) >= 11 is 0. The number of nitrogens with zero attached hydrogens (tertiary/aromatic N) is 3. The average molecular weight is 296 g/mol. The van der Waals surface area contributed by atoms with Gasteiger partial charge < -0.3 is 5.32 Å². The lowest BCUT2D eigenvalue weighted by molar-refractivity contribution is -0.138. The Kier molecular flexibility index (Phi) is 3.88. The minimum atomic E-state index is -4.49. The molecule has 1 N–H and O–H groups in total. The molecular formula is C13H11F3N4O. The Bertz CT molecular complexity index is 685. The average Bonchev–Trinajstić information content (AvgIpc) is 2.37. The number of alkyl halides is 3. The van der Waals surface area contributed by atoms with E-state index in [-0.39, 0.29) is 28.7 Å². The first-order chi connectivity index (χ1) is 9.77. The van der Waals surface area contributed by atoms with Crippen LogP contribution in [0.1, 0.15) is 18.2 Å². The molecule has 0 radical (unpaired) electrons. The van der Waals surface area contributed by atoms with E-state index >= 15 is 0 Å². The van der Waals surface area contributed by atoms with Crippen LogP contribution in [-0.4, -0.2) is 20.9 Å². The zero-order valence-corrected chi connectivity index (χ0v) is 11.2. The van der Waals surface area contributed by atoms with Gasteiger partial charge in [-0.1, -0.05) is 0 Å². The van der Waals surface area contributed by atoms with Gasteiger partial charge in [-0.05, 0) is 13.0 Å². The Morgan fingerprint density at radius 2 is 1.95 bits per heavy atom. The molecule has 0 aliphatic carbocycles. The molecule has 0 atom stereocenters. The lowest BCUT2D eigenvalue weighted by Gasteiger charge is -2.11. The number of pyridine rings is 1. The number of carbonyl (C=O) groups is 1. The van der Waals surface area contributed by atoms with Crippen molar-refractivity contribution in [2.75, 3.05) is 5.32 Å². The number of amides is 1. The van der Waals surface area contributed by atoms with Crippen molar-refractivity contribution in [2.45, 2.75) is 20.0 Å². The van der Waals surface area contributed by atoms with Crippen molar-refractivity contribution in [1.82, 2.24) is 15.0 Å². The summed E-state index contributed by atoms with van der Waals surface area (Å²) in [5.41, 5.74) is -0.573. The topological polar surface area (TPSA) is 67.8 Å². The molecule has 0 bridgehead atoms. The molecule has 0 saturated heterocycles. The molecule has 2 heterocycles. The zero-order valence-electron chi connectivity index (χ0n) is 11.2. The Labute approximate surface area is 118 Å². The summed E-state index contributed by atoms with van der Waals surface area (Å²) in [4.78, 5) is 22.6. The third-order valence-corrected chi connectivity index (χ3v) is 2.63. The quantitative estimate of drug-likeness (QED) is 0.925. The van der Waals surface area contributed by atoms with Crippen LogP contribution in [0, 0.1) is 6.92 Å². The molecule has 5 nitrogen and oxygen atoms in total. The highest BCUT2D eigenvalue weighted by Gasteiger charge is 2.33. The fourth-order valence-corrected chi connectivity index (χ4v) is 1.71. The SMILES string of the molecule is CC(=O)Nc1cncc(-c2cnc(C)c(C(F)(F)F)c2)n1. The number of halogens is 3. The van der Waals surface area contributed by atoms with Crippen LogP contribution in [0.5, 0.6) is 0 Å². The largest absolute Gasteiger partial charge is 0.418 e. The summed E-state index contributed by atoms with van der Waals surface area (Å²) in [6.07, 6.45) is -0.600. The van der Waals surface area contributed by atoms with Gasteiger partial charge >= 0.3 is 6.18 Å². The van der Waals surface area contributed by atoms with Gasteiger partial charge in [-0.3, -0.25) is 14.8 Å². The third kappa shape index (κ3) is 3.53. The lowest BCUT2D eigenvalue weighted by Crippen LogP contribution is -2.10. The Balaban J connectivity index is 2.45. The Morgan fingerprint density at radius 3 is 2.57 bits per heavy atom. The van der Waals surface area contributed by atoms with Crippen molar-refractivity contribution in [3.05, 3.63) is 35.9 Å². The van der Waals surface area contributed by atoms with Crippen molar-refractivity contribution in [3.63, 3.8) is 0 Å². The van der Waals surface area contributed by atoms with Crippen molar-refractivity contribution in [3.8, 4) is 11.3 Å². The fraction of sp³-hybridized carbons (Fsp3) is 0.231. The van der Waals surface area contributed by atoms with E-state index in [1.54, 1.807) is 0 Å². The second-order valence-electron chi connectivity index (χ2n) is 4.33. The van der Waals surface area contributed by atoms with Crippen LogP contribution in [-0.2, 0) is 11.0 Å². The van der Waals surface area contributed by atoms with Gasteiger partial charge in [0.25, 0.3) is 0 Å². The highest BCUT2D eigenvalue weighted by atomic mass is 19.4. The van der Waals surface area contributed by atoms with Gasteiger partial charge in [-0.25, -0.2) is 4.98 Å². The van der Waals surface area contributed by atoms with Gasteiger partial charge in [0.15, 0.2) is 5.82 Å². The zero-order chi connectivity index (χ0) is 15.6. The van der Waals surface area contributed by atoms with Crippen LogP contribution in [0.25, 0.3) is 11.3 Å². The normalized spacial score (nSPS) is 11.3. The molecule has 0 fully saturated rings. The van der Waals surface area contributed by atoms with Crippen molar-refractivity contribution >= 4 is 11.7 Å². The summed E-state index contributed by atoms with van der Waals surface area (Å²) in [6.45, 7) is 2.58. The predicted octanol–water partition coefficient (Wildman–Crippen LogP) is 2.82. The monoisotopic (exact) mass is 296 g/mol. The lowest BCUT2D eigenvalue weighted by atomic mass is 10.1. The van der Waals surface area contributed by atoms with E-state index in [2.05, 4.69) is 20.3 Å². The molecule has 0 aromatic carbocycles. The number of aryl methyl sites for hydroxylation is 1. The third-order valence-electron chi connectivity index (χ3n) is 2.63. The van der Waals surface area contributed by atoms with Crippen LogP contribution < -0.4 is 5.32 Å². The second-order valence-corrected chi connectivity index (χ2v) is 4.33. The summed E-state index contributed by atoms with van der Waals surface area (Å²) in [6, 6.07) is 0.962. The van der Waals surface area contributed by atoms with Gasteiger partial charge in [-0.15, -0.1) is 0 Å². The molecule has 2 aromatic heterocycles. The molecule has 0 aliphatic heterocycles. The number of hydrogen-bond acceptors (Lipinski definition) is 4. The van der Waals surface area contributed by atoms with Crippen molar-refractivity contribution < 1.29 is 18.0 Å². The Hall–Kier alpha value is -2.51. The van der Waals surface area contributed by atoms with Gasteiger partial charge in [-0.2, -0.15) is 13.2 Å². The minimum Gasteiger partial charge on any atom is -0.310 e. The van der Waals surface area contributed by atoms with Crippen LogP contribution in [0.4, 0.5) is 19.0 Å². The van der Waals surface area contributed by atoms with Crippen LogP contribution in [0.2, 0.25) is 0 Å². The molecular weight excluding hydrogens is 285 g/mol. The highest BCUT2D eigenvalue weighted by molar-refractivity contribution is 5.87. The molecule has 21 heavy (non-hydrogen) atoms. The summed E-state index contributed by atoms with van der Waals surface area (Å²) in [7, 11) is 0. The summed E-state index contributed by atoms with van der Waals surface area (Å²) in [5, 5.41) is 2.42. The molecule has 1 amide bonds. The van der Waals surface area contributed by atoms with E-state index < -0.39 is 11.7 Å². The second kappa shape index (κ2) is 5.47. The molecule has 2 rings (SSSR count). The number of carbonyl (C=O) groups excluding carboxylic acids is 1. The fourth-order valence-electron chi connectivity index (χ4n) is 1.71. The van der Waals surface area contributed by atoms with Gasteiger partial charge in [0.2, 0.25) is 5.91 Å². The molecule has 0 saturated carbocycles. The van der Waals surface area contributed by atoms with E-state index in [1.165, 1.54) is 32.4 Å².